The normalized spacial score (nSPS) is 17.1. The highest BCUT2D eigenvalue weighted by Gasteiger charge is 2.35. The first-order valence-electron chi connectivity index (χ1n) is 6.14. The third kappa shape index (κ3) is 2.80. The first-order chi connectivity index (χ1) is 8.63. The van der Waals surface area contributed by atoms with Gasteiger partial charge in [0.1, 0.15) is 0 Å². The van der Waals surface area contributed by atoms with Crippen LogP contribution < -0.4 is 5.32 Å². The van der Waals surface area contributed by atoms with Gasteiger partial charge in [0, 0.05) is 11.2 Å². The number of aliphatic carboxylic acids is 1. The van der Waals surface area contributed by atoms with Crippen LogP contribution in [0.5, 0.6) is 0 Å². The summed E-state index contributed by atoms with van der Waals surface area (Å²) < 4.78 is 0. The Morgan fingerprint density at radius 2 is 1.94 bits per heavy atom. The van der Waals surface area contributed by atoms with Crippen LogP contribution >= 0.6 is 0 Å². The minimum atomic E-state index is -0.766. The van der Waals surface area contributed by atoms with Crippen molar-refractivity contribution >= 4 is 11.7 Å². The van der Waals surface area contributed by atoms with E-state index >= 15 is 0 Å². The smallest absolute Gasteiger partial charge is 0.305 e. The van der Waals surface area contributed by atoms with Gasteiger partial charge in [-0.1, -0.05) is 12.8 Å². The molecule has 4 nitrogen and oxygen atoms in total. The molecule has 1 aromatic carbocycles. The summed E-state index contributed by atoms with van der Waals surface area (Å²) in [6.07, 6.45) is 4.05. The Morgan fingerprint density at radius 1 is 1.33 bits per heavy atom. The van der Waals surface area contributed by atoms with E-state index in [0.29, 0.717) is 5.56 Å². The van der Waals surface area contributed by atoms with Crippen LogP contribution in [0.15, 0.2) is 24.3 Å². The lowest BCUT2D eigenvalue weighted by molar-refractivity contribution is -0.138. The summed E-state index contributed by atoms with van der Waals surface area (Å²) in [6, 6.07) is 9.22. The Balaban J connectivity index is 2.13. The van der Waals surface area contributed by atoms with Crippen LogP contribution in [0.4, 0.5) is 5.69 Å². The third-order valence-electron chi connectivity index (χ3n) is 3.47. The van der Waals surface area contributed by atoms with E-state index in [1.807, 2.05) is 12.1 Å². The minimum absolute atomic E-state index is 0.146. The molecule has 1 aromatic rings. The molecule has 4 heteroatoms. The minimum Gasteiger partial charge on any atom is -0.481 e. The molecular formula is C14H16N2O2. The zero-order valence-corrected chi connectivity index (χ0v) is 10.1. The van der Waals surface area contributed by atoms with E-state index in [1.165, 1.54) is 0 Å². The SMILES string of the molecule is N#Cc1ccc(NC2(CC(=O)O)CCCC2)cc1. The highest BCUT2D eigenvalue weighted by molar-refractivity contribution is 5.69. The average Bonchev–Trinajstić information content (AvgIpc) is 2.77. The molecule has 0 unspecified atom stereocenters. The maximum atomic E-state index is 11.0. The number of rotatable bonds is 4. The molecule has 0 heterocycles. The van der Waals surface area contributed by atoms with Crippen molar-refractivity contribution in [3.05, 3.63) is 29.8 Å². The first-order valence-corrected chi connectivity index (χ1v) is 6.14. The van der Waals surface area contributed by atoms with E-state index in [4.69, 9.17) is 10.4 Å². The third-order valence-corrected chi connectivity index (χ3v) is 3.47. The second kappa shape index (κ2) is 5.09. The lowest BCUT2D eigenvalue weighted by Crippen LogP contribution is -2.37. The molecule has 2 rings (SSSR count). The van der Waals surface area contributed by atoms with Gasteiger partial charge >= 0.3 is 5.97 Å². The predicted molar refractivity (Wildman–Crippen MR) is 68.2 cm³/mol. The number of carbonyl (C=O) groups is 1. The van der Waals surface area contributed by atoms with Crippen molar-refractivity contribution in [3.8, 4) is 6.07 Å². The largest absolute Gasteiger partial charge is 0.481 e. The van der Waals surface area contributed by atoms with Gasteiger partial charge in [-0.15, -0.1) is 0 Å². The quantitative estimate of drug-likeness (QED) is 0.854. The average molecular weight is 244 g/mol. The van der Waals surface area contributed by atoms with Gasteiger partial charge in [0.2, 0.25) is 0 Å². The molecule has 0 bridgehead atoms. The maximum Gasteiger partial charge on any atom is 0.305 e. The molecule has 1 saturated carbocycles. The second-order valence-corrected chi connectivity index (χ2v) is 4.87. The number of hydrogen-bond donors (Lipinski definition) is 2. The van der Waals surface area contributed by atoms with Crippen molar-refractivity contribution in [2.24, 2.45) is 0 Å². The molecule has 0 atom stereocenters. The Hall–Kier alpha value is -2.02. The fraction of sp³-hybridized carbons (Fsp3) is 0.429. The van der Waals surface area contributed by atoms with Gasteiger partial charge in [-0.25, -0.2) is 0 Å². The zero-order chi connectivity index (χ0) is 13.0. The highest BCUT2D eigenvalue weighted by Crippen LogP contribution is 2.35. The van der Waals surface area contributed by atoms with Gasteiger partial charge in [0.05, 0.1) is 18.1 Å². The van der Waals surface area contributed by atoms with Crippen molar-refractivity contribution in [2.75, 3.05) is 5.32 Å². The van der Waals surface area contributed by atoms with Crippen LogP contribution in [0, 0.1) is 11.3 Å². The summed E-state index contributed by atoms with van der Waals surface area (Å²) in [6.45, 7) is 0. The molecule has 0 spiro atoms. The van der Waals surface area contributed by atoms with Gasteiger partial charge in [-0.3, -0.25) is 4.79 Å². The van der Waals surface area contributed by atoms with Crippen LogP contribution in [0.2, 0.25) is 0 Å². The fourth-order valence-electron chi connectivity index (χ4n) is 2.62. The van der Waals surface area contributed by atoms with Crippen molar-refractivity contribution in [1.82, 2.24) is 0 Å². The molecule has 0 aromatic heterocycles. The van der Waals surface area contributed by atoms with E-state index in [2.05, 4.69) is 11.4 Å². The summed E-state index contributed by atoms with van der Waals surface area (Å²) in [5, 5.41) is 21.1. The molecule has 1 fully saturated rings. The highest BCUT2D eigenvalue weighted by atomic mass is 16.4. The molecule has 0 aliphatic heterocycles. The number of carboxylic acid groups (broad SMARTS) is 1. The molecule has 1 aliphatic rings. The standard InChI is InChI=1S/C14H16N2O2/c15-10-11-3-5-12(6-4-11)16-14(9-13(17)18)7-1-2-8-14/h3-6,16H,1-2,7-9H2,(H,17,18). The maximum absolute atomic E-state index is 11.0. The predicted octanol–water partition coefficient (Wildman–Crippen LogP) is 2.76. The number of hydrogen-bond acceptors (Lipinski definition) is 3. The summed E-state index contributed by atoms with van der Waals surface area (Å²) >= 11 is 0. The van der Waals surface area contributed by atoms with E-state index in [1.54, 1.807) is 12.1 Å². The molecule has 94 valence electrons. The van der Waals surface area contributed by atoms with E-state index in [-0.39, 0.29) is 12.0 Å². The van der Waals surface area contributed by atoms with Crippen molar-refractivity contribution < 1.29 is 9.90 Å². The molecule has 18 heavy (non-hydrogen) atoms. The summed E-state index contributed by atoms with van der Waals surface area (Å²) in [7, 11) is 0. The van der Waals surface area contributed by atoms with E-state index in [0.717, 1.165) is 31.4 Å². The number of nitriles is 1. The van der Waals surface area contributed by atoms with Crippen molar-refractivity contribution in [2.45, 2.75) is 37.6 Å². The number of nitrogens with zero attached hydrogens (tertiary/aromatic N) is 1. The summed E-state index contributed by atoms with van der Waals surface area (Å²) in [5.74, 6) is -0.766. The van der Waals surface area contributed by atoms with Gasteiger partial charge in [0.25, 0.3) is 0 Å². The van der Waals surface area contributed by atoms with Crippen LogP contribution in [0.3, 0.4) is 0 Å². The molecule has 0 amide bonds. The van der Waals surface area contributed by atoms with Gasteiger partial charge < -0.3 is 10.4 Å². The first kappa shape index (κ1) is 12.4. The lowest BCUT2D eigenvalue weighted by atomic mass is 9.92. The molecule has 0 radical (unpaired) electrons. The zero-order valence-electron chi connectivity index (χ0n) is 10.1. The monoisotopic (exact) mass is 244 g/mol. The Labute approximate surface area is 106 Å². The van der Waals surface area contributed by atoms with Crippen LogP contribution in [0.1, 0.15) is 37.7 Å². The Morgan fingerprint density at radius 3 is 2.44 bits per heavy atom. The topological polar surface area (TPSA) is 73.1 Å². The number of anilines is 1. The Bertz CT molecular complexity index is 468. The number of carboxylic acids is 1. The van der Waals surface area contributed by atoms with Crippen LogP contribution in [-0.2, 0) is 4.79 Å². The van der Waals surface area contributed by atoms with E-state index in [9.17, 15) is 4.79 Å². The van der Waals surface area contributed by atoms with Gasteiger partial charge in [-0.2, -0.15) is 5.26 Å². The Kier molecular flexibility index (Phi) is 3.52. The van der Waals surface area contributed by atoms with Crippen molar-refractivity contribution in [1.29, 1.82) is 5.26 Å². The summed E-state index contributed by atoms with van der Waals surface area (Å²) in [4.78, 5) is 11.0. The summed E-state index contributed by atoms with van der Waals surface area (Å²) in [5.41, 5.74) is 1.18. The van der Waals surface area contributed by atoms with Gasteiger partial charge in [-0.05, 0) is 37.1 Å². The molecule has 0 saturated heterocycles. The fourth-order valence-corrected chi connectivity index (χ4v) is 2.62. The number of nitrogens with one attached hydrogen (secondary N) is 1. The molecule has 2 N–H and O–H groups in total. The van der Waals surface area contributed by atoms with Crippen LogP contribution in [-0.4, -0.2) is 16.6 Å². The second-order valence-electron chi connectivity index (χ2n) is 4.87. The van der Waals surface area contributed by atoms with E-state index < -0.39 is 5.97 Å². The van der Waals surface area contributed by atoms with Crippen molar-refractivity contribution in [3.63, 3.8) is 0 Å². The van der Waals surface area contributed by atoms with Gasteiger partial charge in [0.15, 0.2) is 0 Å². The lowest BCUT2D eigenvalue weighted by Gasteiger charge is -2.30. The number of benzene rings is 1. The molecular weight excluding hydrogens is 228 g/mol. The van der Waals surface area contributed by atoms with Crippen LogP contribution in [0.25, 0.3) is 0 Å². The molecule has 1 aliphatic carbocycles.